The predicted molar refractivity (Wildman–Crippen MR) is 138 cm³/mol. The molecule has 2 aromatic heterocycles. The van der Waals surface area contributed by atoms with Crippen molar-refractivity contribution in [1.29, 1.82) is 0 Å². The highest BCUT2D eigenvalue weighted by molar-refractivity contribution is 7.12. The van der Waals surface area contributed by atoms with E-state index >= 15 is 0 Å². The molecule has 34 heavy (non-hydrogen) atoms. The highest BCUT2D eigenvalue weighted by Gasteiger charge is 2.35. The summed E-state index contributed by atoms with van der Waals surface area (Å²) in [5, 5.41) is 9.65. The maximum Gasteiger partial charge on any atom is 0.261 e. The van der Waals surface area contributed by atoms with E-state index in [1.807, 2.05) is 54.9 Å². The lowest BCUT2D eigenvalue weighted by Gasteiger charge is -2.33. The second-order valence-electron chi connectivity index (χ2n) is 8.55. The van der Waals surface area contributed by atoms with E-state index in [0.717, 1.165) is 41.7 Å². The van der Waals surface area contributed by atoms with Gasteiger partial charge in [-0.25, -0.2) is 0 Å². The molecule has 0 aliphatic heterocycles. The van der Waals surface area contributed by atoms with Gasteiger partial charge in [-0.2, -0.15) is 0 Å². The average molecular weight is 496 g/mol. The molecule has 0 saturated heterocycles. The van der Waals surface area contributed by atoms with Crippen LogP contribution in [0.15, 0.2) is 53.2 Å². The van der Waals surface area contributed by atoms with Crippen LogP contribution in [0.1, 0.15) is 57.4 Å². The minimum atomic E-state index is -0.813. The quantitative estimate of drug-likeness (QED) is 0.462. The van der Waals surface area contributed by atoms with Crippen LogP contribution in [0.2, 0.25) is 0 Å². The molecule has 6 nitrogen and oxygen atoms in total. The van der Waals surface area contributed by atoms with Crippen molar-refractivity contribution in [2.75, 3.05) is 11.4 Å². The minimum Gasteiger partial charge on any atom is -0.351 e. The molecule has 3 aromatic rings. The summed E-state index contributed by atoms with van der Waals surface area (Å²) in [6, 6.07) is 12.3. The Bertz CT molecular complexity index is 1140. The maximum atomic E-state index is 13.7. The molecule has 178 valence electrons. The number of nitrogens with zero attached hydrogens (tertiary/aromatic N) is 1. The number of aryl methyl sites for hydroxylation is 1. The van der Waals surface area contributed by atoms with Gasteiger partial charge in [0, 0.05) is 16.6 Å². The lowest BCUT2D eigenvalue weighted by molar-refractivity contribution is -0.126. The molecule has 1 aliphatic carbocycles. The first-order valence-corrected chi connectivity index (χ1v) is 13.3. The van der Waals surface area contributed by atoms with E-state index in [1.54, 1.807) is 17.0 Å². The van der Waals surface area contributed by atoms with Crippen LogP contribution in [0, 0.1) is 13.8 Å². The molecule has 1 atom stereocenters. The molecule has 1 fully saturated rings. The van der Waals surface area contributed by atoms with Gasteiger partial charge in [0.25, 0.3) is 5.91 Å². The SMILES string of the molecule is Cc1cccc(N(C(=O)CNC(=O)c2cccs2)[C@@H](C(=O)NC2CCCC2)c2cccs2)c1C. The molecule has 1 saturated carbocycles. The van der Waals surface area contributed by atoms with Crippen molar-refractivity contribution in [3.63, 3.8) is 0 Å². The Labute approximate surface area is 208 Å². The van der Waals surface area contributed by atoms with Crippen LogP contribution in [-0.2, 0) is 9.59 Å². The van der Waals surface area contributed by atoms with Crippen molar-refractivity contribution in [1.82, 2.24) is 10.6 Å². The Morgan fingerprint density at radius 3 is 2.41 bits per heavy atom. The van der Waals surface area contributed by atoms with E-state index < -0.39 is 6.04 Å². The van der Waals surface area contributed by atoms with Crippen LogP contribution < -0.4 is 15.5 Å². The third kappa shape index (κ3) is 5.39. The first-order valence-electron chi connectivity index (χ1n) is 11.5. The number of hydrogen-bond donors (Lipinski definition) is 2. The lowest BCUT2D eigenvalue weighted by Crippen LogP contribution is -2.49. The highest BCUT2D eigenvalue weighted by Crippen LogP contribution is 2.34. The fourth-order valence-electron chi connectivity index (χ4n) is 4.32. The second kappa shape index (κ2) is 11.0. The molecule has 4 rings (SSSR count). The van der Waals surface area contributed by atoms with E-state index in [-0.39, 0.29) is 30.3 Å². The molecular weight excluding hydrogens is 466 g/mol. The molecule has 1 aliphatic rings. The Morgan fingerprint density at radius 1 is 1.00 bits per heavy atom. The van der Waals surface area contributed by atoms with Gasteiger partial charge in [0.2, 0.25) is 11.8 Å². The Morgan fingerprint density at radius 2 is 1.74 bits per heavy atom. The number of rotatable bonds is 8. The summed E-state index contributed by atoms with van der Waals surface area (Å²) in [7, 11) is 0. The number of amides is 3. The first kappa shape index (κ1) is 24.2. The summed E-state index contributed by atoms with van der Waals surface area (Å²) in [6.07, 6.45) is 4.11. The molecule has 0 unspecified atom stereocenters. The Kier molecular flexibility index (Phi) is 7.80. The Balaban J connectivity index is 1.68. The number of benzene rings is 1. The number of hydrogen-bond acceptors (Lipinski definition) is 5. The first-order chi connectivity index (χ1) is 16.5. The van der Waals surface area contributed by atoms with Crippen LogP contribution in [-0.4, -0.2) is 30.3 Å². The van der Waals surface area contributed by atoms with Crippen molar-refractivity contribution >= 4 is 46.1 Å². The summed E-state index contributed by atoms with van der Waals surface area (Å²) in [4.78, 5) is 42.7. The largest absolute Gasteiger partial charge is 0.351 e. The van der Waals surface area contributed by atoms with Crippen LogP contribution >= 0.6 is 22.7 Å². The number of nitrogens with one attached hydrogen (secondary N) is 2. The van der Waals surface area contributed by atoms with Crippen LogP contribution in [0.25, 0.3) is 0 Å². The summed E-state index contributed by atoms with van der Waals surface area (Å²) in [6.45, 7) is 3.73. The fourth-order valence-corrected chi connectivity index (χ4v) is 5.77. The highest BCUT2D eigenvalue weighted by atomic mass is 32.1. The van der Waals surface area contributed by atoms with E-state index in [2.05, 4.69) is 10.6 Å². The number of thiophene rings is 2. The molecular formula is C26H29N3O3S2. The van der Waals surface area contributed by atoms with E-state index in [1.165, 1.54) is 22.7 Å². The lowest BCUT2D eigenvalue weighted by atomic mass is 10.0. The zero-order valence-corrected chi connectivity index (χ0v) is 21.0. The number of carbonyl (C=O) groups is 3. The molecule has 0 spiro atoms. The minimum absolute atomic E-state index is 0.129. The summed E-state index contributed by atoms with van der Waals surface area (Å²) in [5.41, 5.74) is 2.63. The third-order valence-corrected chi connectivity index (χ3v) is 8.06. The third-order valence-electron chi connectivity index (χ3n) is 6.27. The zero-order valence-electron chi connectivity index (χ0n) is 19.4. The van der Waals surface area contributed by atoms with Crippen LogP contribution in [0.3, 0.4) is 0 Å². The van der Waals surface area contributed by atoms with Crippen molar-refractivity contribution in [2.24, 2.45) is 0 Å². The normalized spacial score (nSPS) is 14.5. The zero-order chi connectivity index (χ0) is 24.1. The standard InChI is InChI=1S/C26H29N3O3S2/c1-17-8-5-11-20(18(17)2)29(23(30)16-27-25(31)22-13-7-15-34-22)24(21-12-6-14-33-21)26(32)28-19-9-3-4-10-19/h5-8,11-15,19,24H,3-4,9-10,16H2,1-2H3,(H,27,31)(H,28,32)/t24-/m1/s1. The van der Waals surface area contributed by atoms with Crippen LogP contribution in [0.5, 0.6) is 0 Å². The molecule has 3 amide bonds. The maximum absolute atomic E-state index is 13.7. The summed E-state index contributed by atoms with van der Waals surface area (Å²) in [5.74, 6) is -0.820. The van der Waals surface area contributed by atoms with E-state index in [0.29, 0.717) is 10.6 Å². The fraction of sp³-hybridized carbons (Fsp3) is 0.346. The predicted octanol–water partition coefficient (Wildman–Crippen LogP) is 4.99. The van der Waals surface area contributed by atoms with Gasteiger partial charge in [0.05, 0.1) is 11.4 Å². The topological polar surface area (TPSA) is 78.5 Å². The molecule has 2 N–H and O–H groups in total. The van der Waals surface area contributed by atoms with E-state index in [4.69, 9.17) is 0 Å². The van der Waals surface area contributed by atoms with Gasteiger partial charge in [-0.1, -0.05) is 37.1 Å². The molecule has 2 heterocycles. The van der Waals surface area contributed by atoms with Gasteiger partial charge in [-0.3, -0.25) is 19.3 Å². The summed E-state index contributed by atoms with van der Waals surface area (Å²) >= 11 is 2.77. The van der Waals surface area contributed by atoms with Crippen molar-refractivity contribution in [3.8, 4) is 0 Å². The van der Waals surface area contributed by atoms with Crippen molar-refractivity contribution in [3.05, 3.63) is 74.1 Å². The molecule has 1 aromatic carbocycles. The van der Waals surface area contributed by atoms with Crippen LogP contribution in [0.4, 0.5) is 5.69 Å². The van der Waals surface area contributed by atoms with Gasteiger partial charge in [-0.15, -0.1) is 22.7 Å². The van der Waals surface area contributed by atoms with Gasteiger partial charge in [0.15, 0.2) is 0 Å². The van der Waals surface area contributed by atoms with Gasteiger partial charge in [-0.05, 0) is 66.8 Å². The summed E-state index contributed by atoms with van der Waals surface area (Å²) < 4.78 is 0. The van der Waals surface area contributed by atoms with E-state index in [9.17, 15) is 14.4 Å². The molecule has 0 radical (unpaired) electrons. The van der Waals surface area contributed by atoms with Gasteiger partial charge in [0.1, 0.15) is 6.04 Å². The Hall–Kier alpha value is -2.97. The van der Waals surface area contributed by atoms with Crippen molar-refractivity contribution < 1.29 is 14.4 Å². The number of carbonyl (C=O) groups excluding carboxylic acids is 3. The molecule has 8 heteroatoms. The monoisotopic (exact) mass is 495 g/mol. The average Bonchev–Trinajstić information content (AvgIpc) is 3.61. The second-order valence-corrected chi connectivity index (χ2v) is 10.5. The van der Waals surface area contributed by atoms with Gasteiger partial charge >= 0.3 is 0 Å². The number of anilines is 1. The van der Waals surface area contributed by atoms with Crippen molar-refractivity contribution in [2.45, 2.75) is 51.6 Å². The van der Waals surface area contributed by atoms with Gasteiger partial charge < -0.3 is 10.6 Å². The smallest absolute Gasteiger partial charge is 0.261 e. The molecule has 0 bridgehead atoms.